The Kier molecular flexibility index (Phi) is 4.25. The van der Waals surface area contributed by atoms with E-state index < -0.39 is 0 Å². The van der Waals surface area contributed by atoms with E-state index in [0.717, 1.165) is 16.7 Å². The predicted molar refractivity (Wildman–Crippen MR) is 46.8 cm³/mol. The summed E-state index contributed by atoms with van der Waals surface area (Å²) in [5.41, 5.74) is 2.57. The molecule has 14 heavy (non-hydrogen) atoms. The molecule has 1 aromatic heterocycles. The molecule has 0 bridgehead atoms. The molecule has 0 aliphatic rings. The molecule has 0 saturated carbocycles. The van der Waals surface area contributed by atoms with E-state index in [4.69, 9.17) is 9.68 Å². The van der Waals surface area contributed by atoms with E-state index in [1.807, 2.05) is 18.2 Å². The minimum Gasteiger partial charge on any atom is -0.573 e. The molecular weight excluding hydrogens is 253 g/mol. The second kappa shape index (κ2) is 5.24. The summed E-state index contributed by atoms with van der Waals surface area (Å²) in [5, 5.41) is 8.45. The molecule has 0 saturated heterocycles. The molecule has 4 heteroatoms. The molecule has 0 spiro atoms. The monoisotopic (exact) mass is 260 g/mol. The first-order valence-corrected chi connectivity index (χ1v) is 4.03. The van der Waals surface area contributed by atoms with Gasteiger partial charge in [-0.05, 0) is 17.5 Å². The number of aromatic nitrogens is 1. The Labute approximate surface area is 107 Å². The Hall–Kier alpha value is -0.716. The maximum Gasteiger partial charge on any atom is 0.103 e. The van der Waals surface area contributed by atoms with Gasteiger partial charge in [0.05, 0.1) is 6.07 Å². The number of rotatable bonds is 2. The maximum absolute atomic E-state index is 8.45. The fourth-order valence-corrected chi connectivity index (χ4v) is 1.28. The van der Waals surface area contributed by atoms with Crippen LogP contribution in [0.2, 0.25) is 0 Å². The van der Waals surface area contributed by atoms with E-state index in [9.17, 15) is 0 Å². The summed E-state index contributed by atoms with van der Waals surface area (Å²) >= 11 is 0. The predicted octanol–water partition coefficient (Wildman–Crippen LogP) is 2.08. The first-order valence-electron chi connectivity index (χ1n) is 4.03. The van der Waals surface area contributed by atoms with Crippen LogP contribution in [0.3, 0.4) is 0 Å². The van der Waals surface area contributed by atoms with Crippen LogP contribution in [0.15, 0.2) is 22.6 Å². The van der Waals surface area contributed by atoms with Gasteiger partial charge >= 0.3 is 0 Å². The summed E-state index contributed by atoms with van der Waals surface area (Å²) < 4.78 is 5.10. The number of nitriles is 1. The molecule has 0 amide bonds. The maximum atomic E-state index is 8.45. The van der Waals surface area contributed by atoms with Crippen molar-refractivity contribution in [1.82, 2.24) is 4.98 Å². The van der Waals surface area contributed by atoms with Crippen molar-refractivity contribution >= 4 is 11.1 Å². The second-order valence-corrected chi connectivity index (χ2v) is 2.73. The van der Waals surface area contributed by atoms with Gasteiger partial charge in [0, 0.05) is 39.1 Å². The molecule has 0 unspecified atom stereocenters. The summed E-state index contributed by atoms with van der Waals surface area (Å²) in [6.07, 6.45) is 3.65. The van der Waals surface area contributed by atoms with Crippen LogP contribution in [0.1, 0.15) is 12.0 Å². The fraction of sp³-hybridized carbons (Fsp3) is 0.200. The van der Waals surface area contributed by atoms with Gasteiger partial charge in [0.2, 0.25) is 0 Å². The van der Waals surface area contributed by atoms with Crippen molar-refractivity contribution in [2.45, 2.75) is 12.8 Å². The van der Waals surface area contributed by atoms with Gasteiger partial charge in [-0.25, -0.2) is 0 Å². The average Bonchev–Trinajstić information content (AvgIpc) is 2.62. The molecule has 0 aliphatic carbocycles. The minimum absolute atomic E-state index is 0. The van der Waals surface area contributed by atoms with Gasteiger partial charge in [-0.2, -0.15) is 5.26 Å². The Morgan fingerprint density at radius 2 is 2.36 bits per heavy atom. The largest absolute Gasteiger partial charge is 0.573 e. The van der Waals surface area contributed by atoms with Gasteiger partial charge in [0.1, 0.15) is 6.39 Å². The van der Waals surface area contributed by atoms with Crippen molar-refractivity contribution in [2.75, 3.05) is 0 Å². The average molecular weight is 260 g/mol. The SMILES string of the molecule is N#CCCc1cccc2n[c-]oc12.[Y]. The summed E-state index contributed by atoms with van der Waals surface area (Å²) in [6, 6.07) is 7.82. The molecule has 2 rings (SSSR count). The number of aryl methyl sites for hydroxylation is 1. The zero-order chi connectivity index (χ0) is 9.10. The van der Waals surface area contributed by atoms with Gasteiger partial charge < -0.3 is 9.40 Å². The van der Waals surface area contributed by atoms with Crippen LogP contribution in [0.4, 0.5) is 0 Å². The first-order chi connectivity index (χ1) is 6.42. The van der Waals surface area contributed by atoms with Crippen LogP contribution < -0.4 is 0 Å². The van der Waals surface area contributed by atoms with Crippen molar-refractivity contribution in [3.8, 4) is 6.07 Å². The standard InChI is InChI=1S/C10H7N2O.Y/c11-6-2-4-8-3-1-5-9-10(8)13-7-12-9;/h1,3,5H,2,4H2;/q-1;. The summed E-state index contributed by atoms with van der Waals surface area (Å²) in [6.45, 7) is 0. The zero-order valence-electron chi connectivity index (χ0n) is 7.53. The van der Waals surface area contributed by atoms with Crippen molar-refractivity contribution in [2.24, 2.45) is 0 Å². The number of fused-ring (bicyclic) bond motifs is 1. The number of para-hydroxylation sites is 1. The molecule has 67 valence electrons. The van der Waals surface area contributed by atoms with Crippen LogP contribution in [-0.4, -0.2) is 4.98 Å². The van der Waals surface area contributed by atoms with E-state index in [2.05, 4.69) is 17.4 Å². The molecule has 1 heterocycles. The van der Waals surface area contributed by atoms with Crippen LogP contribution in [-0.2, 0) is 39.1 Å². The van der Waals surface area contributed by atoms with Gasteiger partial charge in [0.25, 0.3) is 0 Å². The molecule has 0 atom stereocenters. The quantitative estimate of drug-likeness (QED) is 0.777. The van der Waals surface area contributed by atoms with E-state index >= 15 is 0 Å². The van der Waals surface area contributed by atoms with Gasteiger partial charge in [0.15, 0.2) is 0 Å². The number of hydrogen-bond acceptors (Lipinski definition) is 3. The molecular formula is C10H7N2OY-. The van der Waals surface area contributed by atoms with Crippen molar-refractivity contribution in [3.05, 3.63) is 30.2 Å². The van der Waals surface area contributed by atoms with Crippen molar-refractivity contribution < 1.29 is 37.1 Å². The summed E-state index contributed by atoms with van der Waals surface area (Å²) in [5.74, 6) is 0. The molecule has 0 N–H and O–H groups in total. The Morgan fingerprint density at radius 3 is 3.14 bits per heavy atom. The normalized spacial score (nSPS) is 9.36. The Morgan fingerprint density at radius 1 is 1.50 bits per heavy atom. The van der Waals surface area contributed by atoms with Gasteiger partial charge in [-0.1, -0.05) is 17.7 Å². The van der Waals surface area contributed by atoms with E-state index in [1.54, 1.807) is 0 Å². The van der Waals surface area contributed by atoms with E-state index in [-0.39, 0.29) is 32.7 Å². The van der Waals surface area contributed by atoms with Gasteiger partial charge in [-0.3, -0.25) is 0 Å². The third-order valence-corrected chi connectivity index (χ3v) is 1.90. The van der Waals surface area contributed by atoms with Crippen LogP contribution in [0, 0.1) is 17.7 Å². The second-order valence-electron chi connectivity index (χ2n) is 2.73. The fourth-order valence-electron chi connectivity index (χ4n) is 1.28. The summed E-state index contributed by atoms with van der Waals surface area (Å²) in [7, 11) is 0. The number of hydrogen-bond donors (Lipinski definition) is 0. The van der Waals surface area contributed by atoms with Crippen LogP contribution in [0.25, 0.3) is 11.1 Å². The smallest absolute Gasteiger partial charge is 0.103 e. The zero-order valence-corrected chi connectivity index (χ0v) is 10.4. The molecule has 2 aromatic rings. The van der Waals surface area contributed by atoms with Gasteiger partial charge in [-0.15, -0.1) is 6.07 Å². The van der Waals surface area contributed by atoms with Crippen LogP contribution >= 0.6 is 0 Å². The van der Waals surface area contributed by atoms with E-state index in [1.165, 1.54) is 0 Å². The molecule has 0 fully saturated rings. The van der Waals surface area contributed by atoms with Crippen molar-refractivity contribution in [1.29, 1.82) is 5.26 Å². The summed E-state index contributed by atoms with van der Waals surface area (Å²) in [4.78, 5) is 3.91. The molecule has 0 aliphatic heterocycles. The van der Waals surface area contributed by atoms with Crippen molar-refractivity contribution in [3.63, 3.8) is 0 Å². The minimum atomic E-state index is 0. The molecule has 1 aromatic carbocycles. The topological polar surface area (TPSA) is 49.8 Å². The molecule has 1 radical (unpaired) electrons. The third-order valence-electron chi connectivity index (χ3n) is 1.90. The number of oxazole rings is 1. The van der Waals surface area contributed by atoms with E-state index in [0.29, 0.717) is 12.8 Å². The number of nitrogens with zero attached hydrogens (tertiary/aromatic N) is 2. The van der Waals surface area contributed by atoms with Crippen LogP contribution in [0.5, 0.6) is 0 Å². The Balaban J connectivity index is 0.000000980. The number of benzene rings is 1. The third kappa shape index (κ3) is 2.20. The molecule has 3 nitrogen and oxygen atoms in total. The Bertz CT molecular complexity index is 458. The first kappa shape index (κ1) is 11.4.